The van der Waals surface area contributed by atoms with E-state index in [1.165, 1.54) is 18.7 Å². The molecule has 1 heterocycles. The van der Waals surface area contributed by atoms with Crippen molar-refractivity contribution in [1.29, 1.82) is 5.41 Å². The van der Waals surface area contributed by atoms with Crippen LogP contribution in [0.4, 0.5) is 0 Å². The zero-order chi connectivity index (χ0) is 44.5. The van der Waals surface area contributed by atoms with Crippen LogP contribution in [0.15, 0.2) is 78.6 Å². The van der Waals surface area contributed by atoms with Gasteiger partial charge in [0.25, 0.3) is 0 Å². The van der Waals surface area contributed by atoms with Crippen LogP contribution in [0, 0.1) is 11.3 Å². The minimum absolute atomic E-state index is 0.0301. The molecule has 330 valence electrons. The first-order valence-electron chi connectivity index (χ1n) is 20.2. The average Bonchev–Trinajstić information content (AvgIpc) is 3.31. The summed E-state index contributed by atoms with van der Waals surface area (Å²) < 4.78 is 0. The van der Waals surface area contributed by atoms with Crippen LogP contribution in [0.2, 0.25) is 0 Å². The lowest BCUT2D eigenvalue weighted by atomic mass is 9.98. The van der Waals surface area contributed by atoms with Gasteiger partial charge in [-0.25, -0.2) is 0 Å². The van der Waals surface area contributed by atoms with E-state index in [2.05, 4.69) is 43.8 Å². The zero-order valence-electron chi connectivity index (χ0n) is 35.0. The topological polar surface area (TPSA) is 289 Å². The van der Waals surface area contributed by atoms with E-state index in [4.69, 9.17) is 22.6 Å². The van der Waals surface area contributed by atoms with Gasteiger partial charge in [-0.05, 0) is 80.7 Å². The first-order chi connectivity index (χ1) is 28.7. The van der Waals surface area contributed by atoms with E-state index in [9.17, 15) is 28.8 Å². The molecule has 0 bridgehead atoms. The van der Waals surface area contributed by atoms with Gasteiger partial charge in [-0.3, -0.25) is 34.2 Å². The Labute approximate surface area is 357 Å². The molecular formula is C42H65N11O6S. The van der Waals surface area contributed by atoms with Crippen LogP contribution >= 0.6 is 11.8 Å². The number of unbranched alkanes of at least 4 members (excludes halogenated alkanes) is 1. The van der Waals surface area contributed by atoms with Crippen LogP contribution in [0.3, 0.4) is 0 Å². The van der Waals surface area contributed by atoms with E-state index in [1.807, 2.05) is 30.6 Å². The van der Waals surface area contributed by atoms with E-state index < -0.39 is 65.7 Å². The van der Waals surface area contributed by atoms with Crippen molar-refractivity contribution in [2.45, 2.75) is 95.4 Å². The Morgan fingerprint density at radius 3 is 2.02 bits per heavy atom. The molecular weight excluding hydrogens is 787 g/mol. The lowest BCUT2D eigenvalue weighted by Crippen LogP contribution is -2.59. The number of hydrogen-bond donors (Lipinski definition) is 11. The molecule has 0 radical (unpaired) electrons. The molecule has 17 nitrogen and oxygen atoms in total. The zero-order valence-corrected chi connectivity index (χ0v) is 35.8. The number of carbonyl (C=O) groups excluding carboxylic acids is 6. The SMILES string of the molecule is C=C1/C=C\C=C/CN/C=C\1C[C@H](NC(=O)[C@H](CCCCN)NC(=O)[C@@H](C)CCCNC(=N)N)C(=O)N[C@@H](CCSC)C(=O)N[C@@H](Cc1ccccc1)C(=O)N[C@@H](C)C(N)=O. The summed E-state index contributed by atoms with van der Waals surface area (Å²) in [7, 11) is 0. The van der Waals surface area contributed by atoms with Crippen LogP contribution in [-0.2, 0) is 35.2 Å². The molecule has 1 aliphatic rings. The van der Waals surface area contributed by atoms with Crippen LogP contribution in [-0.4, -0.2) is 103 Å². The predicted molar refractivity (Wildman–Crippen MR) is 237 cm³/mol. The van der Waals surface area contributed by atoms with Crippen molar-refractivity contribution < 1.29 is 28.8 Å². The third kappa shape index (κ3) is 19.4. The maximum atomic E-state index is 14.4. The minimum Gasteiger partial charge on any atom is -0.387 e. The van der Waals surface area contributed by atoms with Gasteiger partial charge in [-0.2, -0.15) is 11.8 Å². The van der Waals surface area contributed by atoms with Gasteiger partial charge in [0.15, 0.2) is 5.96 Å². The smallest absolute Gasteiger partial charge is 0.243 e. The summed E-state index contributed by atoms with van der Waals surface area (Å²) in [6.45, 7) is 8.63. The lowest BCUT2D eigenvalue weighted by molar-refractivity contribution is -0.135. The number of carbonyl (C=O) groups is 6. The third-order valence-electron chi connectivity index (χ3n) is 9.63. The van der Waals surface area contributed by atoms with Gasteiger partial charge in [-0.15, -0.1) is 0 Å². The average molecular weight is 852 g/mol. The number of thioether (sulfide) groups is 1. The summed E-state index contributed by atoms with van der Waals surface area (Å²) >= 11 is 1.45. The summed E-state index contributed by atoms with van der Waals surface area (Å²) in [5.74, 6) is -3.83. The fourth-order valence-electron chi connectivity index (χ4n) is 5.99. The predicted octanol–water partition coefficient (Wildman–Crippen LogP) is 0.486. The first-order valence-corrected chi connectivity index (χ1v) is 21.6. The van der Waals surface area contributed by atoms with Gasteiger partial charge in [0, 0.05) is 38.0 Å². The number of nitrogens with two attached hydrogens (primary N) is 3. The maximum absolute atomic E-state index is 14.4. The van der Waals surface area contributed by atoms with Crippen molar-refractivity contribution in [3.8, 4) is 0 Å². The van der Waals surface area contributed by atoms with Crippen LogP contribution < -0.4 is 54.4 Å². The van der Waals surface area contributed by atoms with E-state index in [0.717, 1.165) is 5.56 Å². The molecule has 0 aromatic heterocycles. The van der Waals surface area contributed by atoms with Crippen molar-refractivity contribution in [2.75, 3.05) is 31.6 Å². The Hall–Kier alpha value is -5.62. The molecule has 1 aromatic rings. The van der Waals surface area contributed by atoms with E-state index in [1.54, 1.807) is 43.5 Å². The second-order valence-corrected chi connectivity index (χ2v) is 15.6. The molecule has 0 fully saturated rings. The summed E-state index contributed by atoms with van der Waals surface area (Å²) in [5.41, 5.74) is 18.4. The highest BCUT2D eigenvalue weighted by Gasteiger charge is 2.33. The molecule has 14 N–H and O–H groups in total. The second-order valence-electron chi connectivity index (χ2n) is 14.6. The van der Waals surface area contributed by atoms with Gasteiger partial charge in [0.2, 0.25) is 35.4 Å². The molecule has 0 saturated carbocycles. The fourth-order valence-corrected chi connectivity index (χ4v) is 6.46. The summed E-state index contributed by atoms with van der Waals surface area (Å²) in [5, 5.41) is 27.1. The number of guanidine groups is 1. The number of amides is 6. The minimum atomic E-state index is -1.24. The molecule has 1 aromatic carbocycles. The summed E-state index contributed by atoms with van der Waals surface area (Å²) in [6, 6.07) is 3.48. The number of benzene rings is 1. The Kier molecular flexibility index (Phi) is 23.5. The Morgan fingerprint density at radius 1 is 0.783 bits per heavy atom. The number of primary amides is 1. The molecule has 6 atom stereocenters. The van der Waals surface area contributed by atoms with Crippen molar-refractivity contribution in [2.24, 2.45) is 23.1 Å². The van der Waals surface area contributed by atoms with Gasteiger partial charge in [0.05, 0.1) is 0 Å². The molecule has 0 unspecified atom stereocenters. The molecule has 18 heteroatoms. The molecule has 1 aliphatic heterocycles. The van der Waals surface area contributed by atoms with E-state index >= 15 is 0 Å². The quantitative estimate of drug-likeness (QED) is 0.0347. The van der Waals surface area contributed by atoms with Gasteiger partial charge in [-0.1, -0.05) is 68.1 Å². The second kappa shape index (κ2) is 28.0. The molecule has 0 aliphatic carbocycles. The van der Waals surface area contributed by atoms with Gasteiger partial charge >= 0.3 is 0 Å². The molecule has 0 saturated heterocycles. The maximum Gasteiger partial charge on any atom is 0.243 e. The Bertz CT molecular complexity index is 1700. The Morgan fingerprint density at radius 2 is 1.38 bits per heavy atom. The summed E-state index contributed by atoms with van der Waals surface area (Å²) in [4.78, 5) is 81.2. The van der Waals surface area contributed by atoms with Crippen molar-refractivity contribution in [3.05, 3.63) is 84.1 Å². The third-order valence-corrected chi connectivity index (χ3v) is 10.3. The van der Waals surface area contributed by atoms with E-state index in [0.29, 0.717) is 62.2 Å². The monoisotopic (exact) mass is 851 g/mol. The number of hydrogen-bond acceptors (Lipinski definition) is 10. The summed E-state index contributed by atoms with van der Waals surface area (Å²) in [6.07, 6.45) is 13.6. The van der Waals surface area contributed by atoms with Crippen molar-refractivity contribution >= 4 is 53.2 Å². The highest BCUT2D eigenvalue weighted by atomic mass is 32.2. The van der Waals surface area contributed by atoms with Gasteiger partial charge < -0.3 is 54.4 Å². The largest absolute Gasteiger partial charge is 0.387 e. The lowest BCUT2D eigenvalue weighted by Gasteiger charge is -2.28. The highest BCUT2D eigenvalue weighted by Crippen LogP contribution is 2.18. The van der Waals surface area contributed by atoms with Gasteiger partial charge in [0.1, 0.15) is 30.2 Å². The Balaban J connectivity index is 2.44. The van der Waals surface area contributed by atoms with Crippen LogP contribution in [0.1, 0.15) is 64.4 Å². The van der Waals surface area contributed by atoms with Crippen molar-refractivity contribution in [1.82, 2.24) is 37.2 Å². The number of allylic oxidation sites excluding steroid dienone is 4. The fraction of sp³-hybridized carbons (Fsp3) is 0.500. The highest BCUT2D eigenvalue weighted by molar-refractivity contribution is 7.98. The normalized spacial score (nSPS) is 17.3. The van der Waals surface area contributed by atoms with E-state index in [-0.39, 0.29) is 37.6 Å². The molecule has 6 amide bonds. The molecule has 2 rings (SSSR count). The standard InChI is InChI=1S/C42H65N11O6S/c1-27-14-7-6-12-21-47-26-31(27)25-35(53-38(56)32(18-10-11-20-43)50-37(55)28(2)15-13-22-48-42(45)46)41(59)51-33(19-23-60-4)39(57)52-34(24-30-16-8-5-9-17-30)40(58)49-29(3)36(44)54/h5-9,12,14,16-17,26,28-29,32-35,47H,1,10-11,13,15,18-25,43H2,2-4H3,(H2,44,54)(H,49,58)(H,50,55)(H,51,59)(H,52,57)(H,53,56)(H4,45,46,48)/b12-6-,14-7-,31-26-/t28-,29-,32-,33-,34-,35-/m0/s1. The van der Waals surface area contributed by atoms with Crippen LogP contribution in [0.25, 0.3) is 0 Å². The van der Waals surface area contributed by atoms with Crippen LogP contribution in [0.5, 0.6) is 0 Å². The first kappa shape index (κ1) is 50.5. The number of nitrogens with one attached hydrogen (secondary N) is 8. The number of rotatable bonds is 26. The van der Waals surface area contributed by atoms with Crippen molar-refractivity contribution in [3.63, 3.8) is 0 Å². The molecule has 60 heavy (non-hydrogen) atoms. The molecule has 0 spiro atoms.